The molecule has 4 nitrogen and oxygen atoms in total. The van der Waals surface area contributed by atoms with E-state index >= 15 is 0 Å². The van der Waals surface area contributed by atoms with Crippen LogP contribution in [0.2, 0.25) is 0 Å². The summed E-state index contributed by atoms with van der Waals surface area (Å²) in [6.07, 6.45) is 0.896. The van der Waals surface area contributed by atoms with Crippen molar-refractivity contribution in [1.82, 2.24) is 4.98 Å². The second-order valence-electron chi connectivity index (χ2n) is 6.00. The second-order valence-corrected chi connectivity index (χ2v) is 6.00. The molecule has 0 amide bonds. The van der Waals surface area contributed by atoms with E-state index in [1.165, 1.54) is 33.9 Å². The third-order valence-corrected chi connectivity index (χ3v) is 4.53. The normalized spacial score (nSPS) is 11.1. The van der Waals surface area contributed by atoms with Gasteiger partial charge in [-0.25, -0.2) is 4.98 Å². The number of hydrogen-bond donors (Lipinski definition) is 0. The molecular formula is C21H16N2O2. The van der Waals surface area contributed by atoms with Gasteiger partial charge in [0.15, 0.2) is 0 Å². The molecule has 0 bridgehead atoms. The fourth-order valence-corrected chi connectivity index (χ4v) is 3.27. The molecule has 1 heterocycles. The van der Waals surface area contributed by atoms with E-state index < -0.39 is 0 Å². The van der Waals surface area contributed by atoms with Gasteiger partial charge in [0.05, 0.1) is 16.1 Å². The molecule has 122 valence electrons. The summed E-state index contributed by atoms with van der Waals surface area (Å²) in [5.74, 6) is 0. The Morgan fingerprint density at radius 2 is 1.76 bits per heavy atom. The highest BCUT2D eigenvalue weighted by Crippen LogP contribution is 2.31. The van der Waals surface area contributed by atoms with Crippen LogP contribution in [0.15, 0.2) is 66.7 Å². The molecule has 4 heteroatoms. The fraction of sp³-hybridized carbons (Fsp3) is 0.0952. The molecule has 3 aromatic carbocycles. The molecule has 0 N–H and O–H groups in total. The lowest BCUT2D eigenvalue weighted by Crippen LogP contribution is -1.93. The lowest BCUT2D eigenvalue weighted by atomic mass is 9.97. The van der Waals surface area contributed by atoms with Crippen molar-refractivity contribution in [3.8, 4) is 11.3 Å². The predicted octanol–water partition coefficient (Wildman–Crippen LogP) is 5.53. The summed E-state index contributed by atoms with van der Waals surface area (Å²) in [6.45, 7) is 2.14. The Hall–Kier alpha value is -3.27. The van der Waals surface area contributed by atoms with Gasteiger partial charge in [-0.3, -0.25) is 10.1 Å². The van der Waals surface area contributed by atoms with E-state index in [0.29, 0.717) is 0 Å². The van der Waals surface area contributed by atoms with Crippen molar-refractivity contribution in [3.05, 3.63) is 82.4 Å². The van der Waals surface area contributed by atoms with Gasteiger partial charge in [-0.1, -0.05) is 37.3 Å². The summed E-state index contributed by atoms with van der Waals surface area (Å²) < 4.78 is 0. The molecule has 1 aromatic heterocycles. The first-order chi connectivity index (χ1) is 12.2. The number of nitro groups is 1. The summed E-state index contributed by atoms with van der Waals surface area (Å²) in [6, 6.07) is 21.1. The first-order valence-corrected chi connectivity index (χ1v) is 8.23. The number of aromatic nitrogens is 1. The monoisotopic (exact) mass is 328 g/mol. The third-order valence-electron chi connectivity index (χ3n) is 4.53. The van der Waals surface area contributed by atoms with E-state index in [0.717, 1.165) is 23.2 Å². The van der Waals surface area contributed by atoms with Gasteiger partial charge in [-0.05, 0) is 47.0 Å². The zero-order valence-electron chi connectivity index (χ0n) is 13.8. The quantitative estimate of drug-likeness (QED) is 0.282. The van der Waals surface area contributed by atoms with E-state index in [-0.39, 0.29) is 10.6 Å². The minimum Gasteiger partial charge on any atom is -0.258 e. The summed E-state index contributed by atoms with van der Waals surface area (Å²) in [4.78, 5) is 15.3. The summed E-state index contributed by atoms with van der Waals surface area (Å²) in [7, 11) is 0. The highest BCUT2D eigenvalue weighted by atomic mass is 16.6. The van der Waals surface area contributed by atoms with Gasteiger partial charge in [0.2, 0.25) is 0 Å². The lowest BCUT2D eigenvalue weighted by molar-refractivity contribution is -0.384. The zero-order valence-corrected chi connectivity index (χ0v) is 13.8. The number of nitro benzene ring substituents is 1. The van der Waals surface area contributed by atoms with Crippen LogP contribution in [-0.2, 0) is 6.42 Å². The van der Waals surface area contributed by atoms with E-state index in [2.05, 4.69) is 31.2 Å². The Balaban J connectivity index is 1.94. The molecule has 0 radical (unpaired) electrons. The van der Waals surface area contributed by atoms with Crippen molar-refractivity contribution in [1.29, 1.82) is 0 Å². The lowest BCUT2D eigenvalue weighted by Gasteiger charge is -2.11. The topological polar surface area (TPSA) is 56.0 Å². The average Bonchev–Trinajstić information content (AvgIpc) is 2.66. The van der Waals surface area contributed by atoms with E-state index in [1.807, 2.05) is 18.2 Å². The molecule has 0 saturated heterocycles. The van der Waals surface area contributed by atoms with Gasteiger partial charge in [-0.2, -0.15) is 0 Å². The van der Waals surface area contributed by atoms with E-state index in [4.69, 9.17) is 4.98 Å². The smallest absolute Gasteiger partial charge is 0.258 e. The highest BCUT2D eigenvalue weighted by Gasteiger charge is 2.11. The van der Waals surface area contributed by atoms with Crippen LogP contribution < -0.4 is 0 Å². The molecule has 0 aliphatic carbocycles. The Morgan fingerprint density at radius 1 is 1.00 bits per heavy atom. The highest BCUT2D eigenvalue weighted by molar-refractivity contribution is 6.08. The Kier molecular flexibility index (Phi) is 3.65. The molecular weight excluding hydrogens is 312 g/mol. The number of benzene rings is 3. The van der Waals surface area contributed by atoms with Crippen LogP contribution in [0.5, 0.6) is 0 Å². The maximum atomic E-state index is 10.8. The zero-order chi connectivity index (χ0) is 17.4. The number of nitrogens with zero attached hydrogens (tertiary/aromatic N) is 2. The first-order valence-electron chi connectivity index (χ1n) is 8.23. The first kappa shape index (κ1) is 15.3. The van der Waals surface area contributed by atoms with Crippen molar-refractivity contribution >= 4 is 27.4 Å². The van der Waals surface area contributed by atoms with Gasteiger partial charge in [0, 0.05) is 23.1 Å². The summed E-state index contributed by atoms with van der Waals surface area (Å²) >= 11 is 0. The average molecular weight is 328 g/mol. The number of rotatable bonds is 3. The van der Waals surface area contributed by atoms with Crippen LogP contribution in [0, 0.1) is 10.1 Å². The predicted molar refractivity (Wildman–Crippen MR) is 101 cm³/mol. The third kappa shape index (κ3) is 2.62. The number of aryl methyl sites for hydroxylation is 1. The Labute approximate surface area is 144 Å². The van der Waals surface area contributed by atoms with Gasteiger partial charge >= 0.3 is 0 Å². The summed E-state index contributed by atoms with van der Waals surface area (Å²) in [5, 5.41) is 14.4. The van der Waals surface area contributed by atoms with Crippen molar-refractivity contribution in [2.24, 2.45) is 0 Å². The minimum absolute atomic E-state index is 0.0891. The fourth-order valence-electron chi connectivity index (χ4n) is 3.27. The SMILES string of the molecule is CCc1cc(-c2ccc([N+](=O)[O-])cc2)nc2ccc3ccccc3c12. The van der Waals surface area contributed by atoms with Crippen LogP contribution in [0.4, 0.5) is 5.69 Å². The van der Waals surface area contributed by atoms with Gasteiger partial charge < -0.3 is 0 Å². The van der Waals surface area contributed by atoms with Gasteiger partial charge in [-0.15, -0.1) is 0 Å². The molecule has 0 fully saturated rings. The largest absolute Gasteiger partial charge is 0.269 e. The van der Waals surface area contributed by atoms with Crippen molar-refractivity contribution < 1.29 is 4.92 Å². The van der Waals surface area contributed by atoms with Crippen molar-refractivity contribution in [2.45, 2.75) is 13.3 Å². The van der Waals surface area contributed by atoms with Crippen LogP contribution in [0.25, 0.3) is 32.9 Å². The van der Waals surface area contributed by atoms with Crippen molar-refractivity contribution in [3.63, 3.8) is 0 Å². The van der Waals surface area contributed by atoms with Crippen LogP contribution in [-0.4, -0.2) is 9.91 Å². The minimum atomic E-state index is -0.388. The Bertz CT molecular complexity index is 1100. The van der Waals surface area contributed by atoms with E-state index in [9.17, 15) is 10.1 Å². The number of hydrogen-bond acceptors (Lipinski definition) is 3. The second kappa shape index (κ2) is 5.98. The molecule has 4 rings (SSSR count). The standard InChI is InChI=1S/C21H16N2O2/c1-2-14-13-20(16-7-10-17(11-8-16)23(24)25)22-19-12-9-15-5-3-4-6-18(15)21(14)19/h3-13H,2H2,1H3. The van der Waals surface area contributed by atoms with Gasteiger partial charge in [0.1, 0.15) is 0 Å². The molecule has 0 aliphatic heterocycles. The van der Waals surface area contributed by atoms with Crippen LogP contribution in [0.1, 0.15) is 12.5 Å². The summed E-state index contributed by atoms with van der Waals surface area (Å²) in [5.41, 5.74) is 4.00. The molecule has 0 atom stereocenters. The molecule has 0 unspecified atom stereocenters. The van der Waals surface area contributed by atoms with Crippen LogP contribution >= 0.6 is 0 Å². The van der Waals surface area contributed by atoms with Gasteiger partial charge in [0.25, 0.3) is 5.69 Å². The van der Waals surface area contributed by atoms with E-state index in [1.54, 1.807) is 12.1 Å². The number of pyridine rings is 1. The molecule has 0 saturated carbocycles. The molecule has 0 aliphatic rings. The molecule has 4 aromatic rings. The maximum Gasteiger partial charge on any atom is 0.269 e. The van der Waals surface area contributed by atoms with Crippen molar-refractivity contribution in [2.75, 3.05) is 0 Å². The number of fused-ring (bicyclic) bond motifs is 3. The maximum absolute atomic E-state index is 10.8. The Morgan fingerprint density at radius 3 is 2.48 bits per heavy atom. The molecule has 0 spiro atoms. The van der Waals surface area contributed by atoms with Crippen LogP contribution in [0.3, 0.4) is 0 Å². The number of non-ortho nitro benzene ring substituents is 1. The molecule has 25 heavy (non-hydrogen) atoms.